The van der Waals surface area contributed by atoms with Crippen LogP contribution in [0.5, 0.6) is 0 Å². The van der Waals surface area contributed by atoms with Crippen molar-refractivity contribution in [3.63, 3.8) is 0 Å². The Morgan fingerprint density at radius 1 is 1.00 bits per heavy atom. The van der Waals surface area contributed by atoms with Crippen LogP contribution in [0.3, 0.4) is 0 Å². The molecule has 4 bridgehead atoms. The molecule has 128 valence electrons. The summed E-state index contributed by atoms with van der Waals surface area (Å²) in [5, 5.41) is 5.76. The lowest BCUT2D eigenvalue weighted by Gasteiger charge is -2.55. The highest BCUT2D eigenvalue weighted by atomic mass is 16.2. The van der Waals surface area contributed by atoms with E-state index in [0.29, 0.717) is 0 Å². The molecule has 4 heteroatoms. The quantitative estimate of drug-likeness (QED) is 0.892. The molecule has 0 aliphatic heterocycles. The average Bonchev–Trinajstić information content (AvgIpc) is 2.53. The van der Waals surface area contributed by atoms with E-state index in [9.17, 15) is 9.59 Å². The minimum absolute atomic E-state index is 0.0639. The Labute approximate surface area is 143 Å². The van der Waals surface area contributed by atoms with Crippen LogP contribution in [0.25, 0.3) is 0 Å². The van der Waals surface area contributed by atoms with Crippen LogP contribution in [0, 0.1) is 30.1 Å². The van der Waals surface area contributed by atoms with Crippen molar-refractivity contribution in [3.05, 3.63) is 29.8 Å². The molecule has 4 fully saturated rings. The molecular weight excluding hydrogens is 300 g/mol. The van der Waals surface area contributed by atoms with Crippen molar-refractivity contribution in [2.24, 2.45) is 23.2 Å². The summed E-state index contributed by atoms with van der Waals surface area (Å²) < 4.78 is 0. The molecule has 4 saturated carbocycles. The Bertz CT molecular complexity index is 615. The molecule has 24 heavy (non-hydrogen) atoms. The van der Waals surface area contributed by atoms with E-state index in [1.807, 2.05) is 31.2 Å². The van der Waals surface area contributed by atoms with Gasteiger partial charge in [-0.05, 0) is 75.3 Å². The smallest absolute Gasteiger partial charge is 0.243 e. The number of carbonyl (C=O) groups is 2. The fraction of sp³-hybridized carbons (Fsp3) is 0.600. The van der Waals surface area contributed by atoms with Crippen molar-refractivity contribution in [1.82, 2.24) is 5.32 Å². The van der Waals surface area contributed by atoms with Gasteiger partial charge in [-0.3, -0.25) is 9.59 Å². The minimum Gasteiger partial charge on any atom is -0.347 e. The maximum atomic E-state index is 12.8. The molecule has 0 aromatic heterocycles. The molecule has 0 radical (unpaired) electrons. The Morgan fingerprint density at radius 3 is 2.08 bits per heavy atom. The maximum absolute atomic E-state index is 12.8. The minimum atomic E-state index is -0.182. The van der Waals surface area contributed by atoms with Crippen LogP contribution < -0.4 is 10.6 Å². The lowest BCUT2D eigenvalue weighted by atomic mass is 9.49. The Hall–Kier alpha value is -1.84. The van der Waals surface area contributed by atoms with Gasteiger partial charge < -0.3 is 10.6 Å². The number of carbonyl (C=O) groups excluding carboxylic acids is 2. The monoisotopic (exact) mass is 326 g/mol. The molecule has 0 atom stereocenters. The molecule has 0 unspecified atom stereocenters. The van der Waals surface area contributed by atoms with Crippen molar-refractivity contribution in [1.29, 1.82) is 0 Å². The topological polar surface area (TPSA) is 58.2 Å². The van der Waals surface area contributed by atoms with Gasteiger partial charge in [-0.1, -0.05) is 17.7 Å². The van der Waals surface area contributed by atoms with Gasteiger partial charge in [0.2, 0.25) is 11.8 Å². The highest BCUT2D eigenvalue weighted by Crippen LogP contribution is 2.60. The van der Waals surface area contributed by atoms with Crippen LogP contribution in [-0.2, 0) is 9.59 Å². The number of aryl methyl sites for hydroxylation is 1. The van der Waals surface area contributed by atoms with E-state index >= 15 is 0 Å². The number of hydrogen-bond acceptors (Lipinski definition) is 2. The summed E-state index contributed by atoms with van der Waals surface area (Å²) in [7, 11) is 0. The van der Waals surface area contributed by atoms with Crippen molar-refractivity contribution in [2.75, 3.05) is 11.9 Å². The first kappa shape index (κ1) is 15.7. The summed E-state index contributed by atoms with van der Waals surface area (Å²) >= 11 is 0. The molecular formula is C20H26N2O2. The standard InChI is InChI=1S/C20H26N2O2/c1-13-2-4-17(5-3-13)22-18(23)12-21-19(24)20-9-14-6-15(10-20)8-16(7-14)11-20/h2-5,14-16H,6-12H2,1H3,(H,21,24)(H,22,23). The van der Waals surface area contributed by atoms with Crippen molar-refractivity contribution in [2.45, 2.75) is 45.4 Å². The number of benzene rings is 1. The second-order valence-electron chi connectivity index (χ2n) is 8.29. The van der Waals surface area contributed by atoms with Gasteiger partial charge in [0.1, 0.15) is 0 Å². The third-order valence-electron chi connectivity index (χ3n) is 6.26. The lowest BCUT2D eigenvalue weighted by molar-refractivity contribution is -0.146. The Morgan fingerprint density at radius 2 is 1.54 bits per heavy atom. The van der Waals surface area contributed by atoms with Gasteiger partial charge >= 0.3 is 0 Å². The maximum Gasteiger partial charge on any atom is 0.243 e. The molecule has 2 N–H and O–H groups in total. The van der Waals surface area contributed by atoms with Crippen molar-refractivity contribution in [3.8, 4) is 0 Å². The fourth-order valence-corrected chi connectivity index (χ4v) is 5.58. The summed E-state index contributed by atoms with van der Waals surface area (Å²) in [5.41, 5.74) is 1.75. The average molecular weight is 326 g/mol. The molecule has 0 heterocycles. The highest BCUT2D eigenvalue weighted by Gasteiger charge is 2.54. The van der Waals surface area contributed by atoms with E-state index in [0.717, 1.165) is 48.3 Å². The van der Waals surface area contributed by atoms with E-state index in [-0.39, 0.29) is 23.8 Å². The van der Waals surface area contributed by atoms with Crippen LogP contribution in [0.4, 0.5) is 5.69 Å². The van der Waals surface area contributed by atoms with E-state index < -0.39 is 0 Å². The third-order valence-corrected chi connectivity index (χ3v) is 6.26. The van der Waals surface area contributed by atoms with Gasteiger partial charge in [-0.15, -0.1) is 0 Å². The molecule has 0 saturated heterocycles. The van der Waals surface area contributed by atoms with Gasteiger partial charge in [0.25, 0.3) is 0 Å². The van der Waals surface area contributed by atoms with E-state index in [4.69, 9.17) is 0 Å². The second-order valence-corrected chi connectivity index (χ2v) is 8.29. The second kappa shape index (κ2) is 5.91. The molecule has 5 rings (SSSR count). The number of rotatable bonds is 4. The Balaban J connectivity index is 1.33. The SMILES string of the molecule is Cc1ccc(NC(=O)CNC(=O)C23CC4CC(CC(C4)C2)C3)cc1. The zero-order valence-corrected chi connectivity index (χ0v) is 14.3. The predicted molar refractivity (Wildman–Crippen MR) is 93.4 cm³/mol. The van der Waals surface area contributed by atoms with Crippen LogP contribution in [0.15, 0.2) is 24.3 Å². The normalized spacial score (nSPS) is 33.3. The van der Waals surface area contributed by atoms with E-state index in [1.54, 1.807) is 0 Å². The van der Waals surface area contributed by atoms with Gasteiger partial charge in [0, 0.05) is 11.1 Å². The highest BCUT2D eigenvalue weighted by molar-refractivity contribution is 5.95. The fourth-order valence-electron chi connectivity index (χ4n) is 5.58. The van der Waals surface area contributed by atoms with E-state index in [2.05, 4.69) is 10.6 Å². The zero-order valence-electron chi connectivity index (χ0n) is 14.3. The van der Waals surface area contributed by atoms with Crippen LogP contribution in [0.2, 0.25) is 0 Å². The molecule has 4 aliphatic rings. The first-order valence-electron chi connectivity index (χ1n) is 9.17. The third kappa shape index (κ3) is 2.94. The van der Waals surface area contributed by atoms with Crippen LogP contribution in [-0.4, -0.2) is 18.4 Å². The number of hydrogen-bond donors (Lipinski definition) is 2. The molecule has 2 amide bonds. The molecule has 0 spiro atoms. The first-order valence-corrected chi connectivity index (χ1v) is 9.17. The van der Waals surface area contributed by atoms with Gasteiger partial charge in [-0.25, -0.2) is 0 Å². The number of anilines is 1. The molecule has 1 aromatic carbocycles. The lowest BCUT2D eigenvalue weighted by Crippen LogP contribution is -2.54. The summed E-state index contributed by atoms with van der Waals surface area (Å²) in [5.74, 6) is 2.17. The summed E-state index contributed by atoms with van der Waals surface area (Å²) in [4.78, 5) is 24.9. The van der Waals surface area contributed by atoms with Crippen molar-refractivity contribution < 1.29 is 9.59 Å². The molecule has 1 aromatic rings. The van der Waals surface area contributed by atoms with Gasteiger partial charge in [0.15, 0.2) is 0 Å². The molecule has 4 nitrogen and oxygen atoms in total. The van der Waals surface area contributed by atoms with Gasteiger partial charge in [0.05, 0.1) is 6.54 Å². The van der Waals surface area contributed by atoms with Crippen molar-refractivity contribution >= 4 is 17.5 Å². The Kier molecular flexibility index (Phi) is 3.86. The first-order chi connectivity index (χ1) is 11.5. The van der Waals surface area contributed by atoms with Crippen LogP contribution in [0.1, 0.15) is 44.1 Å². The summed E-state index contributed by atoms with van der Waals surface area (Å²) in [6.45, 7) is 2.08. The number of amides is 2. The summed E-state index contributed by atoms with van der Waals surface area (Å²) in [6.07, 6.45) is 7.06. The van der Waals surface area contributed by atoms with Gasteiger partial charge in [-0.2, -0.15) is 0 Å². The summed E-state index contributed by atoms with van der Waals surface area (Å²) in [6, 6.07) is 7.69. The zero-order chi connectivity index (χ0) is 16.7. The van der Waals surface area contributed by atoms with Crippen LogP contribution >= 0.6 is 0 Å². The molecule has 4 aliphatic carbocycles. The predicted octanol–water partition coefficient (Wildman–Crippen LogP) is 3.27. The largest absolute Gasteiger partial charge is 0.347 e. The number of nitrogens with one attached hydrogen (secondary N) is 2. The van der Waals surface area contributed by atoms with E-state index in [1.165, 1.54) is 19.3 Å².